The fourth-order valence-electron chi connectivity index (χ4n) is 1.03. The van der Waals surface area contributed by atoms with Crippen molar-refractivity contribution in [1.29, 1.82) is 0 Å². The van der Waals surface area contributed by atoms with Crippen LogP contribution < -0.4 is 5.32 Å². The van der Waals surface area contributed by atoms with Crippen molar-refractivity contribution in [2.45, 2.75) is 13.8 Å². The van der Waals surface area contributed by atoms with Crippen LogP contribution in [0.4, 0.5) is 0 Å². The standard InChI is InChI=1S/C12H16N2O/c1-10(2)9-13-8-6-12(15)11-5-3-4-7-14-11/h3-8,10,13H,9H2,1-2H3/b8-6-. The number of pyridine rings is 1. The van der Waals surface area contributed by atoms with Gasteiger partial charge in [0.25, 0.3) is 0 Å². The monoisotopic (exact) mass is 204 g/mol. The van der Waals surface area contributed by atoms with Crippen LogP contribution in [0.15, 0.2) is 36.7 Å². The molecule has 1 aromatic heterocycles. The summed E-state index contributed by atoms with van der Waals surface area (Å²) in [7, 11) is 0. The van der Waals surface area contributed by atoms with Gasteiger partial charge in [-0.3, -0.25) is 9.78 Å². The van der Waals surface area contributed by atoms with Gasteiger partial charge in [0.15, 0.2) is 0 Å². The second-order valence-electron chi connectivity index (χ2n) is 3.71. The number of aromatic nitrogens is 1. The first-order valence-electron chi connectivity index (χ1n) is 5.05. The molecule has 0 aliphatic heterocycles. The third-order valence-corrected chi connectivity index (χ3v) is 1.80. The maximum Gasteiger partial charge on any atom is 0.205 e. The molecule has 80 valence electrons. The zero-order valence-electron chi connectivity index (χ0n) is 9.10. The lowest BCUT2D eigenvalue weighted by Crippen LogP contribution is -2.13. The molecule has 3 nitrogen and oxygen atoms in total. The Morgan fingerprint density at radius 3 is 2.93 bits per heavy atom. The van der Waals surface area contributed by atoms with Gasteiger partial charge in [-0.15, -0.1) is 0 Å². The Kier molecular flexibility index (Phi) is 4.54. The molecule has 1 aromatic rings. The Morgan fingerprint density at radius 1 is 1.53 bits per heavy atom. The lowest BCUT2D eigenvalue weighted by Gasteiger charge is -2.02. The summed E-state index contributed by atoms with van der Waals surface area (Å²) in [4.78, 5) is 15.5. The van der Waals surface area contributed by atoms with Gasteiger partial charge in [-0.05, 0) is 18.1 Å². The van der Waals surface area contributed by atoms with Crippen molar-refractivity contribution in [3.05, 3.63) is 42.4 Å². The van der Waals surface area contributed by atoms with Gasteiger partial charge in [0.1, 0.15) is 5.69 Å². The smallest absolute Gasteiger partial charge is 0.205 e. The first-order chi connectivity index (χ1) is 7.20. The zero-order chi connectivity index (χ0) is 11.1. The SMILES string of the molecule is CC(C)CN/C=C\C(=O)c1ccccn1. The lowest BCUT2D eigenvalue weighted by molar-refractivity contribution is 0.104. The van der Waals surface area contributed by atoms with E-state index in [0.29, 0.717) is 11.6 Å². The van der Waals surface area contributed by atoms with Gasteiger partial charge in [-0.1, -0.05) is 19.9 Å². The van der Waals surface area contributed by atoms with Crippen LogP contribution in [0.2, 0.25) is 0 Å². The minimum absolute atomic E-state index is 0.0770. The molecule has 1 N–H and O–H groups in total. The fraction of sp³-hybridized carbons (Fsp3) is 0.333. The van der Waals surface area contributed by atoms with E-state index >= 15 is 0 Å². The number of hydrogen-bond acceptors (Lipinski definition) is 3. The van der Waals surface area contributed by atoms with E-state index in [4.69, 9.17) is 0 Å². The van der Waals surface area contributed by atoms with Crippen LogP contribution in [-0.4, -0.2) is 17.3 Å². The molecule has 3 heteroatoms. The number of nitrogens with one attached hydrogen (secondary N) is 1. The third-order valence-electron chi connectivity index (χ3n) is 1.80. The quantitative estimate of drug-likeness (QED) is 0.589. The summed E-state index contributed by atoms with van der Waals surface area (Å²) in [5.74, 6) is 0.492. The lowest BCUT2D eigenvalue weighted by atomic mass is 10.2. The third kappa shape index (κ3) is 4.40. The Morgan fingerprint density at radius 2 is 2.33 bits per heavy atom. The van der Waals surface area contributed by atoms with Crippen LogP contribution in [0.3, 0.4) is 0 Å². The normalized spacial score (nSPS) is 10.9. The highest BCUT2D eigenvalue weighted by molar-refractivity contribution is 6.02. The van der Waals surface area contributed by atoms with Crippen molar-refractivity contribution < 1.29 is 4.79 Å². The van der Waals surface area contributed by atoms with E-state index in [2.05, 4.69) is 24.1 Å². The first-order valence-corrected chi connectivity index (χ1v) is 5.05. The van der Waals surface area contributed by atoms with Crippen molar-refractivity contribution in [1.82, 2.24) is 10.3 Å². The second kappa shape index (κ2) is 5.96. The Labute approximate surface area is 90.2 Å². The molecule has 0 fully saturated rings. The number of allylic oxidation sites excluding steroid dienone is 1. The van der Waals surface area contributed by atoms with E-state index < -0.39 is 0 Å². The van der Waals surface area contributed by atoms with E-state index in [1.54, 1.807) is 30.6 Å². The number of carbonyl (C=O) groups is 1. The highest BCUT2D eigenvalue weighted by atomic mass is 16.1. The summed E-state index contributed by atoms with van der Waals surface area (Å²) in [5, 5.41) is 3.06. The van der Waals surface area contributed by atoms with Gasteiger partial charge in [0, 0.05) is 25.0 Å². The second-order valence-corrected chi connectivity index (χ2v) is 3.71. The topological polar surface area (TPSA) is 42.0 Å². The van der Waals surface area contributed by atoms with Crippen LogP contribution in [0, 0.1) is 5.92 Å². The fourth-order valence-corrected chi connectivity index (χ4v) is 1.03. The minimum atomic E-state index is -0.0770. The predicted molar refractivity (Wildman–Crippen MR) is 60.5 cm³/mol. The summed E-state index contributed by atoms with van der Waals surface area (Å²) < 4.78 is 0. The van der Waals surface area contributed by atoms with Gasteiger partial charge in [0.2, 0.25) is 5.78 Å². The molecule has 0 aromatic carbocycles. The van der Waals surface area contributed by atoms with Gasteiger partial charge >= 0.3 is 0 Å². The molecule has 0 aliphatic rings. The summed E-state index contributed by atoms with van der Waals surface area (Å²) >= 11 is 0. The molecule has 0 atom stereocenters. The average Bonchev–Trinajstić information content (AvgIpc) is 2.25. The van der Waals surface area contributed by atoms with Gasteiger partial charge in [-0.2, -0.15) is 0 Å². The number of carbonyl (C=O) groups excluding carboxylic acids is 1. The molecule has 15 heavy (non-hydrogen) atoms. The van der Waals surface area contributed by atoms with E-state index in [1.165, 1.54) is 6.08 Å². The van der Waals surface area contributed by atoms with Gasteiger partial charge in [0.05, 0.1) is 0 Å². The van der Waals surface area contributed by atoms with Crippen LogP contribution in [0.5, 0.6) is 0 Å². The van der Waals surface area contributed by atoms with Gasteiger partial charge in [-0.25, -0.2) is 0 Å². The number of nitrogens with zero attached hydrogens (tertiary/aromatic N) is 1. The first kappa shape index (κ1) is 11.4. The van der Waals surface area contributed by atoms with Crippen LogP contribution >= 0.6 is 0 Å². The molecule has 0 radical (unpaired) electrons. The molecular formula is C12H16N2O. The Balaban J connectivity index is 2.43. The maximum atomic E-state index is 11.5. The van der Waals surface area contributed by atoms with E-state index in [0.717, 1.165) is 6.54 Å². The number of rotatable bonds is 5. The number of hydrogen-bond donors (Lipinski definition) is 1. The summed E-state index contributed by atoms with van der Waals surface area (Å²) in [6, 6.07) is 5.29. The molecular weight excluding hydrogens is 188 g/mol. The summed E-state index contributed by atoms with van der Waals surface area (Å²) in [6.07, 6.45) is 4.80. The molecule has 0 saturated carbocycles. The molecule has 1 heterocycles. The van der Waals surface area contributed by atoms with Crippen LogP contribution in [-0.2, 0) is 0 Å². The minimum Gasteiger partial charge on any atom is -0.391 e. The molecule has 0 saturated heterocycles. The average molecular weight is 204 g/mol. The molecule has 0 amide bonds. The van der Waals surface area contributed by atoms with E-state index in [-0.39, 0.29) is 5.78 Å². The van der Waals surface area contributed by atoms with Crippen molar-refractivity contribution in [2.24, 2.45) is 5.92 Å². The Hall–Kier alpha value is -1.64. The molecule has 0 aliphatic carbocycles. The predicted octanol–water partition coefficient (Wildman–Crippen LogP) is 2.02. The van der Waals surface area contributed by atoms with E-state index in [9.17, 15) is 4.79 Å². The zero-order valence-corrected chi connectivity index (χ0v) is 9.10. The van der Waals surface area contributed by atoms with Crippen molar-refractivity contribution in [2.75, 3.05) is 6.54 Å². The van der Waals surface area contributed by atoms with Crippen molar-refractivity contribution in [3.63, 3.8) is 0 Å². The summed E-state index contributed by atoms with van der Waals surface area (Å²) in [5.41, 5.74) is 0.472. The maximum absolute atomic E-state index is 11.5. The number of ketones is 1. The largest absolute Gasteiger partial charge is 0.391 e. The molecule has 0 spiro atoms. The Bertz CT molecular complexity index is 331. The molecule has 0 bridgehead atoms. The van der Waals surface area contributed by atoms with Crippen LogP contribution in [0.25, 0.3) is 0 Å². The molecule has 1 rings (SSSR count). The highest BCUT2D eigenvalue weighted by Gasteiger charge is 2.00. The van der Waals surface area contributed by atoms with Gasteiger partial charge < -0.3 is 5.32 Å². The highest BCUT2D eigenvalue weighted by Crippen LogP contribution is 1.95. The molecule has 0 unspecified atom stereocenters. The van der Waals surface area contributed by atoms with E-state index in [1.807, 2.05) is 0 Å². The van der Waals surface area contributed by atoms with Crippen molar-refractivity contribution >= 4 is 5.78 Å². The van der Waals surface area contributed by atoms with Crippen LogP contribution in [0.1, 0.15) is 24.3 Å². The summed E-state index contributed by atoms with van der Waals surface area (Å²) in [6.45, 7) is 5.09. The van der Waals surface area contributed by atoms with Crippen molar-refractivity contribution in [3.8, 4) is 0 Å².